The standard InChI is InChI=1S/C14H15F3N6O/c1-21-13(18-19-20-21)23-8-6-22(7-9-23)12(24)10-2-4-11(5-3-10)14(15,16)17/h2-5H,6-9H2,1H3. The zero-order valence-corrected chi connectivity index (χ0v) is 12.9. The molecule has 0 unspecified atom stereocenters. The number of piperazine rings is 1. The summed E-state index contributed by atoms with van der Waals surface area (Å²) in [6.07, 6.45) is -4.41. The van der Waals surface area contributed by atoms with Gasteiger partial charge in [0, 0.05) is 38.8 Å². The van der Waals surface area contributed by atoms with Gasteiger partial charge >= 0.3 is 6.18 Å². The van der Waals surface area contributed by atoms with E-state index in [0.717, 1.165) is 12.1 Å². The zero-order valence-electron chi connectivity index (χ0n) is 12.9. The molecule has 1 fully saturated rings. The maximum absolute atomic E-state index is 12.6. The maximum atomic E-state index is 12.6. The van der Waals surface area contributed by atoms with Gasteiger partial charge in [0.25, 0.3) is 5.91 Å². The number of alkyl halides is 3. The predicted molar refractivity (Wildman–Crippen MR) is 78.4 cm³/mol. The lowest BCUT2D eigenvalue weighted by Crippen LogP contribution is -2.49. The molecule has 1 saturated heterocycles. The second-order valence-corrected chi connectivity index (χ2v) is 5.46. The van der Waals surface area contributed by atoms with Crippen LogP contribution in [0.3, 0.4) is 0 Å². The number of carbonyl (C=O) groups is 1. The number of nitrogens with zero attached hydrogens (tertiary/aromatic N) is 6. The van der Waals surface area contributed by atoms with Gasteiger partial charge in [0.15, 0.2) is 0 Å². The van der Waals surface area contributed by atoms with Gasteiger partial charge in [-0.15, -0.1) is 0 Å². The fourth-order valence-electron chi connectivity index (χ4n) is 2.59. The Hall–Kier alpha value is -2.65. The second kappa shape index (κ2) is 6.10. The van der Waals surface area contributed by atoms with Gasteiger partial charge in [0.1, 0.15) is 0 Å². The fourth-order valence-corrected chi connectivity index (χ4v) is 2.59. The van der Waals surface area contributed by atoms with Crippen LogP contribution in [-0.2, 0) is 13.2 Å². The van der Waals surface area contributed by atoms with Crippen LogP contribution in [0.15, 0.2) is 24.3 Å². The topological polar surface area (TPSA) is 67.2 Å². The summed E-state index contributed by atoms with van der Waals surface area (Å²) in [6, 6.07) is 4.28. The van der Waals surface area contributed by atoms with Crippen molar-refractivity contribution in [2.45, 2.75) is 6.18 Å². The third-order valence-electron chi connectivity index (χ3n) is 3.91. The molecule has 1 aromatic carbocycles. The van der Waals surface area contributed by atoms with Crippen molar-refractivity contribution in [3.8, 4) is 0 Å². The molecule has 1 aromatic heterocycles. The van der Waals surface area contributed by atoms with E-state index in [4.69, 9.17) is 0 Å². The first-order valence-electron chi connectivity index (χ1n) is 7.30. The van der Waals surface area contributed by atoms with Gasteiger partial charge in [-0.2, -0.15) is 13.2 Å². The summed E-state index contributed by atoms with van der Waals surface area (Å²) < 4.78 is 39.2. The maximum Gasteiger partial charge on any atom is 0.416 e. The van der Waals surface area contributed by atoms with E-state index in [1.165, 1.54) is 12.1 Å². The summed E-state index contributed by atoms with van der Waals surface area (Å²) >= 11 is 0. The van der Waals surface area contributed by atoms with Gasteiger partial charge in [-0.05, 0) is 34.7 Å². The van der Waals surface area contributed by atoms with Crippen molar-refractivity contribution in [1.29, 1.82) is 0 Å². The van der Waals surface area contributed by atoms with Crippen LogP contribution in [0.25, 0.3) is 0 Å². The van der Waals surface area contributed by atoms with Crippen molar-refractivity contribution in [2.75, 3.05) is 31.1 Å². The summed E-state index contributed by atoms with van der Waals surface area (Å²) in [5.74, 6) is 0.344. The highest BCUT2D eigenvalue weighted by molar-refractivity contribution is 5.94. The van der Waals surface area contributed by atoms with Crippen LogP contribution in [-0.4, -0.2) is 57.2 Å². The first-order valence-corrected chi connectivity index (χ1v) is 7.30. The molecule has 0 saturated carbocycles. The number of carbonyl (C=O) groups excluding carboxylic acids is 1. The summed E-state index contributed by atoms with van der Waals surface area (Å²) in [6.45, 7) is 2.01. The summed E-state index contributed by atoms with van der Waals surface area (Å²) in [7, 11) is 1.73. The smallest absolute Gasteiger partial charge is 0.336 e. The molecule has 24 heavy (non-hydrogen) atoms. The predicted octanol–water partition coefficient (Wildman–Crippen LogP) is 1.19. The van der Waals surface area contributed by atoms with E-state index >= 15 is 0 Å². The molecule has 2 heterocycles. The molecule has 3 rings (SSSR count). The van der Waals surface area contributed by atoms with Crippen LogP contribution >= 0.6 is 0 Å². The van der Waals surface area contributed by atoms with Crippen molar-refractivity contribution >= 4 is 11.9 Å². The van der Waals surface area contributed by atoms with Crippen LogP contribution < -0.4 is 4.90 Å². The van der Waals surface area contributed by atoms with E-state index in [-0.39, 0.29) is 11.5 Å². The Balaban J connectivity index is 1.64. The minimum Gasteiger partial charge on any atom is -0.336 e. The van der Waals surface area contributed by atoms with Crippen molar-refractivity contribution in [3.05, 3.63) is 35.4 Å². The van der Waals surface area contributed by atoms with Crippen LogP contribution in [0.5, 0.6) is 0 Å². The number of tetrazole rings is 1. The van der Waals surface area contributed by atoms with Crippen molar-refractivity contribution in [2.24, 2.45) is 7.05 Å². The SMILES string of the molecule is Cn1nnnc1N1CCN(C(=O)c2ccc(C(F)(F)F)cc2)CC1. The monoisotopic (exact) mass is 340 g/mol. The molecule has 0 radical (unpaired) electrons. The third kappa shape index (κ3) is 3.17. The molecule has 0 atom stereocenters. The van der Waals surface area contributed by atoms with E-state index in [1.54, 1.807) is 16.6 Å². The third-order valence-corrected chi connectivity index (χ3v) is 3.91. The lowest BCUT2D eigenvalue weighted by atomic mass is 10.1. The molecule has 7 nitrogen and oxygen atoms in total. The van der Waals surface area contributed by atoms with Crippen molar-refractivity contribution in [1.82, 2.24) is 25.1 Å². The molecule has 0 N–H and O–H groups in total. The van der Waals surface area contributed by atoms with Gasteiger partial charge in [-0.1, -0.05) is 5.10 Å². The lowest BCUT2D eigenvalue weighted by Gasteiger charge is -2.34. The van der Waals surface area contributed by atoms with Gasteiger partial charge < -0.3 is 9.80 Å². The van der Waals surface area contributed by atoms with E-state index in [2.05, 4.69) is 15.5 Å². The van der Waals surface area contributed by atoms with Crippen molar-refractivity contribution < 1.29 is 18.0 Å². The molecule has 1 amide bonds. The highest BCUT2D eigenvalue weighted by atomic mass is 19.4. The molecule has 0 spiro atoms. The zero-order chi connectivity index (χ0) is 17.3. The number of aryl methyl sites for hydroxylation is 1. The molecule has 0 aliphatic carbocycles. The molecule has 128 valence electrons. The van der Waals surface area contributed by atoms with Gasteiger partial charge in [0.05, 0.1) is 5.56 Å². The fraction of sp³-hybridized carbons (Fsp3) is 0.429. The van der Waals surface area contributed by atoms with Crippen molar-refractivity contribution in [3.63, 3.8) is 0 Å². The molecular weight excluding hydrogens is 325 g/mol. The average molecular weight is 340 g/mol. The number of benzene rings is 1. The number of hydrogen-bond donors (Lipinski definition) is 0. The second-order valence-electron chi connectivity index (χ2n) is 5.46. The Labute approximate surface area is 135 Å². The lowest BCUT2D eigenvalue weighted by molar-refractivity contribution is -0.137. The highest BCUT2D eigenvalue weighted by Crippen LogP contribution is 2.29. The van der Waals surface area contributed by atoms with Crippen LogP contribution in [0.1, 0.15) is 15.9 Å². The largest absolute Gasteiger partial charge is 0.416 e. The number of aromatic nitrogens is 4. The summed E-state index contributed by atoms with van der Waals surface area (Å²) in [5, 5.41) is 11.3. The molecule has 10 heteroatoms. The first-order chi connectivity index (χ1) is 11.4. The molecule has 1 aliphatic heterocycles. The summed E-state index contributed by atoms with van der Waals surface area (Å²) in [5.41, 5.74) is -0.518. The Morgan fingerprint density at radius 3 is 2.21 bits per heavy atom. The minimum atomic E-state index is -4.41. The number of rotatable bonds is 2. The van der Waals surface area contributed by atoms with Gasteiger partial charge in [0.2, 0.25) is 5.95 Å². The van der Waals surface area contributed by atoms with E-state index in [0.29, 0.717) is 32.1 Å². The Bertz CT molecular complexity index is 719. The van der Waals surface area contributed by atoms with Crippen LogP contribution in [0.2, 0.25) is 0 Å². The Morgan fingerprint density at radius 2 is 1.71 bits per heavy atom. The first kappa shape index (κ1) is 16.2. The van der Waals surface area contributed by atoms with Crippen LogP contribution in [0, 0.1) is 0 Å². The van der Waals surface area contributed by atoms with Gasteiger partial charge in [-0.25, -0.2) is 4.68 Å². The highest BCUT2D eigenvalue weighted by Gasteiger charge is 2.31. The number of halogens is 3. The van der Waals surface area contributed by atoms with E-state index in [1.807, 2.05) is 4.90 Å². The molecular formula is C14H15F3N6O. The molecule has 1 aliphatic rings. The number of hydrogen-bond acceptors (Lipinski definition) is 5. The number of anilines is 1. The van der Waals surface area contributed by atoms with E-state index in [9.17, 15) is 18.0 Å². The van der Waals surface area contributed by atoms with Gasteiger partial charge in [-0.3, -0.25) is 4.79 Å². The van der Waals surface area contributed by atoms with Crippen LogP contribution in [0.4, 0.5) is 19.1 Å². The Kier molecular flexibility index (Phi) is 4.12. The minimum absolute atomic E-state index is 0.247. The Morgan fingerprint density at radius 1 is 1.08 bits per heavy atom. The number of amides is 1. The van der Waals surface area contributed by atoms with E-state index < -0.39 is 11.7 Å². The summed E-state index contributed by atoms with van der Waals surface area (Å²) in [4.78, 5) is 16.0. The quantitative estimate of drug-likeness (QED) is 0.822. The molecule has 0 bridgehead atoms. The normalized spacial score (nSPS) is 15.7. The molecule has 2 aromatic rings. The average Bonchev–Trinajstić information content (AvgIpc) is 3.00.